The minimum Gasteiger partial charge on any atom is -0.480 e. The number of carboxylic acids is 1. The molecule has 0 radical (unpaired) electrons. The van der Waals surface area contributed by atoms with Crippen LogP contribution < -0.4 is 10.6 Å². The average Bonchev–Trinajstić information content (AvgIpc) is 3.13. The standard InChI is InChI=1S/C25H30N2O5/c1-4-21(22(28)29)26-23(30)25(5-2,6-3)27-24(31)32-15-20-18-13-9-7-11-16(18)17-12-8-10-14-19(17)20/h7-14,20-21H,4-6,15H2,1-3H3,(H,26,30)(H,27,31)(H,28,29)/t21-/m0/s1. The summed E-state index contributed by atoms with van der Waals surface area (Å²) in [5, 5.41) is 14.5. The number of carboxylic acid groups (broad SMARTS) is 1. The van der Waals surface area contributed by atoms with Crippen molar-refractivity contribution >= 4 is 18.0 Å². The van der Waals surface area contributed by atoms with E-state index in [2.05, 4.69) is 22.8 Å². The largest absolute Gasteiger partial charge is 0.480 e. The molecule has 3 N–H and O–H groups in total. The summed E-state index contributed by atoms with van der Waals surface area (Å²) in [7, 11) is 0. The SMILES string of the molecule is CC[C@H](NC(=O)C(CC)(CC)NC(=O)OCC1c2ccccc2-c2ccccc21)C(=O)O. The van der Waals surface area contributed by atoms with Crippen LogP contribution in [0.15, 0.2) is 48.5 Å². The summed E-state index contributed by atoms with van der Waals surface area (Å²) in [6.07, 6.45) is 0.148. The first-order chi connectivity index (χ1) is 15.4. The van der Waals surface area contributed by atoms with E-state index in [1.165, 1.54) is 0 Å². The van der Waals surface area contributed by atoms with Gasteiger partial charge >= 0.3 is 12.1 Å². The van der Waals surface area contributed by atoms with E-state index in [0.717, 1.165) is 22.3 Å². The van der Waals surface area contributed by atoms with Crippen molar-refractivity contribution in [1.82, 2.24) is 10.6 Å². The number of rotatable bonds is 9. The first kappa shape index (κ1) is 23.3. The van der Waals surface area contributed by atoms with Gasteiger partial charge in [0.25, 0.3) is 0 Å². The number of carbonyl (C=O) groups is 3. The number of carbonyl (C=O) groups excluding carboxylic acids is 2. The molecule has 0 spiro atoms. The Hall–Kier alpha value is -3.35. The van der Waals surface area contributed by atoms with Gasteiger partial charge in [0.1, 0.15) is 18.2 Å². The van der Waals surface area contributed by atoms with Crippen molar-refractivity contribution in [3.8, 4) is 11.1 Å². The molecular formula is C25H30N2O5. The molecule has 0 heterocycles. The molecule has 3 rings (SSSR count). The van der Waals surface area contributed by atoms with E-state index in [1.807, 2.05) is 36.4 Å². The highest BCUT2D eigenvalue weighted by Crippen LogP contribution is 2.44. The highest BCUT2D eigenvalue weighted by molar-refractivity contribution is 5.92. The van der Waals surface area contributed by atoms with Gasteiger partial charge in [0.2, 0.25) is 5.91 Å². The van der Waals surface area contributed by atoms with Gasteiger partial charge in [-0.25, -0.2) is 9.59 Å². The number of benzene rings is 2. The smallest absolute Gasteiger partial charge is 0.408 e. The first-order valence-electron chi connectivity index (χ1n) is 11.0. The molecule has 1 aliphatic rings. The number of hydrogen-bond donors (Lipinski definition) is 3. The van der Waals surface area contributed by atoms with Crippen LogP contribution in [-0.2, 0) is 14.3 Å². The Morgan fingerprint density at radius 3 is 1.97 bits per heavy atom. The van der Waals surface area contributed by atoms with E-state index >= 15 is 0 Å². The summed E-state index contributed by atoms with van der Waals surface area (Å²) in [4.78, 5) is 36.9. The van der Waals surface area contributed by atoms with Gasteiger partial charge in [0.15, 0.2) is 0 Å². The molecule has 170 valence electrons. The highest BCUT2D eigenvalue weighted by atomic mass is 16.5. The fourth-order valence-corrected chi connectivity index (χ4v) is 4.27. The highest BCUT2D eigenvalue weighted by Gasteiger charge is 2.39. The van der Waals surface area contributed by atoms with Crippen LogP contribution in [-0.4, -0.2) is 41.3 Å². The first-order valence-corrected chi connectivity index (χ1v) is 11.0. The number of fused-ring (bicyclic) bond motifs is 3. The van der Waals surface area contributed by atoms with Crippen LogP contribution in [0, 0.1) is 0 Å². The van der Waals surface area contributed by atoms with Crippen LogP contribution in [0.25, 0.3) is 11.1 Å². The van der Waals surface area contributed by atoms with Crippen molar-refractivity contribution in [2.24, 2.45) is 0 Å². The minimum atomic E-state index is -1.24. The fraction of sp³-hybridized carbons (Fsp3) is 0.400. The number of aliphatic carboxylic acids is 1. The van der Waals surface area contributed by atoms with Gasteiger partial charge in [-0.2, -0.15) is 0 Å². The Kier molecular flexibility index (Phi) is 7.18. The second kappa shape index (κ2) is 9.85. The zero-order valence-corrected chi connectivity index (χ0v) is 18.7. The van der Waals surface area contributed by atoms with E-state index in [4.69, 9.17) is 4.74 Å². The molecule has 0 aromatic heterocycles. The summed E-state index contributed by atoms with van der Waals surface area (Å²) in [5.41, 5.74) is 3.22. The zero-order chi connectivity index (χ0) is 23.3. The summed E-state index contributed by atoms with van der Waals surface area (Å²) in [6.45, 7) is 5.36. The molecule has 7 nitrogen and oxygen atoms in total. The lowest BCUT2D eigenvalue weighted by Crippen LogP contribution is -2.60. The van der Waals surface area contributed by atoms with Gasteiger partial charge in [-0.1, -0.05) is 69.3 Å². The predicted molar refractivity (Wildman–Crippen MR) is 121 cm³/mol. The summed E-state index contributed by atoms with van der Waals surface area (Å²) in [5.74, 6) is -1.72. The maximum absolute atomic E-state index is 12.9. The van der Waals surface area contributed by atoms with Gasteiger partial charge in [-0.15, -0.1) is 0 Å². The lowest BCUT2D eigenvalue weighted by molar-refractivity contribution is -0.143. The number of alkyl carbamates (subject to hydrolysis) is 1. The van der Waals surface area contributed by atoms with E-state index in [-0.39, 0.29) is 18.9 Å². The van der Waals surface area contributed by atoms with Crippen LogP contribution in [0.3, 0.4) is 0 Å². The lowest BCUT2D eigenvalue weighted by atomic mass is 9.91. The molecule has 0 aliphatic heterocycles. The predicted octanol–water partition coefficient (Wildman–Crippen LogP) is 4.06. The van der Waals surface area contributed by atoms with Gasteiger partial charge < -0.3 is 20.5 Å². The topological polar surface area (TPSA) is 105 Å². The van der Waals surface area contributed by atoms with Crippen molar-refractivity contribution in [3.05, 3.63) is 59.7 Å². The Labute approximate surface area is 188 Å². The van der Waals surface area contributed by atoms with Gasteiger partial charge in [0, 0.05) is 5.92 Å². The minimum absolute atomic E-state index is 0.0869. The summed E-state index contributed by atoms with van der Waals surface area (Å²) < 4.78 is 5.58. The lowest BCUT2D eigenvalue weighted by Gasteiger charge is -2.32. The summed E-state index contributed by atoms with van der Waals surface area (Å²) in [6, 6.07) is 15.1. The van der Waals surface area contributed by atoms with Crippen molar-refractivity contribution in [1.29, 1.82) is 0 Å². The Morgan fingerprint density at radius 1 is 0.969 bits per heavy atom. The Morgan fingerprint density at radius 2 is 1.50 bits per heavy atom. The quantitative estimate of drug-likeness (QED) is 0.548. The van der Waals surface area contributed by atoms with Gasteiger partial charge in [-0.3, -0.25) is 4.79 Å². The molecule has 2 amide bonds. The van der Waals surface area contributed by atoms with Gasteiger partial charge in [-0.05, 0) is 41.5 Å². The molecule has 0 unspecified atom stereocenters. The third-order valence-corrected chi connectivity index (χ3v) is 6.34. The maximum Gasteiger partial charge on any atom is 0.408 e. The summed E-state index contributed by atoms with van der Waals surface area (Å²) >= 11 is 0. The normalized spacial score (nSPS) is 13.6. The van der Waals surface area contributed by atoms with Crippen LogP contribution in [0.4, 0.5) is 4.79 Å². The molecule has 2 aromatic carbocycles. The van der Waals surface area contributed by atoms with Crippen LogP contribution in [0.2, 0.25) is 0 Å². The molecule has 0 bridgehead atoms. The Balaban J connectivity index is 1.71. The van der Waals surface area contributed by atoms with Gasteiger partial charge in [0.05, 0.1) is 0 Å². The molecule has 0 saturated carbocycles. The second-order valence-corrected chi connectivity index (χ2v) is 8.01. The zero-order valence-electron chi connectivity index (χ0n) is 18.7. The second-order valence-electron chi connectivity index (χ2n) is 8.01. The van der Waals surface area contributed by atoms with E-state index in [0.29, 0.717) is 12.8 Å². The molecule has 7 heteroatoms. The molecule has 1 atom stereocenters. The van der Waals surface area contributed by atoms with E-state index in [9.17, 15) is 19.5 Å². The number of hydrogen-bond acceptors (Lipinski definition) is 4. The van der Waals surface area contributed by atoms with Crippen molar-refractivity contribution in [3.63, 3.8) is 0 Å². The van der Waals surface area contributed by atoms with Crippen molar-refractivity contribution in [2.75, 3.05) is 6.61 Å². The molecule has 1 aliphatic carbocycles. The number of nitrogens with one attached hydrogen (secondary N) is 2. The monoisotopic (exact) mass is 438 g/mol. The van der Waals surface area contributed by atoms with Crippen molar-refractivity contribution < 1.29 is 24.2 Å². The molecule has 32 heavy (non-hydrogen) atoms. The van der Waals surface area contributed by atoms with Crippen LogP contribution in [0.1, 0.15) is 57.1 Å². The third kappa shape index (κ3) is 4.47. The van der Waals surface area contributed by atoms with E-state index < -0.39 is 29.6 Å². The molecule has 2 aromatic rings. The average molecular weight is 439 g/mol. The molecule has 0 saturated heterocycles. The molecule has 0 fully saturated rings. The number of ether oxygens (including phenoxy) is 1. The van der Waals surface area contributed by atoms with Crippen molar-refractivity contribution in [2.45, 2.75) is 57.5 Å². The maximum atomic E-state index is 12.9. The number of amides is 2. The van der Waals surface area contributed by atoms with Crippen LogP contribution >= 0.6 is 0 Å². The fourth-order valence-electron chi connectivity index (χ4n) is 4.27. The molecular weight excluding hydrogens is 408 g/mol. The third-order valence-electron chi connectivity index (χ3n) is 6.34. The van der Waals surface area contributed by atoms with E-state index in [1.54, 1.807) is 20.8 Å². The van der Waals surface area contributed by atoms with Crippen LogP contribution in [0.5, 0.6) is 0 Å². The Bertz CT molecular complexity index is 954.